The number of thioether (sulfide) groups is 1. The van der Waals surface area contributed by atoms with E-state index in [4.69, 9.17) is 45.4 Å². The maximum Gasteiger partial charge on any atom is 0.163 e. The molecule has 2 aromatic carbocycles. The van der Waals surface area contributed by atoms with Gasteiger partial charge in [-0.05, 0) is 36.5 Å². The van der Waals surface area contributed by atoms with Crippen LogP contribution in [0.5, 0.6) is 11.5 Å². The minimum absolute atomic E-state index is 0.0435. The number of ether oxygens (including phenoxy) is 1. The molecule has 5 nitrogen and oxygen atoms in total. The first-order valence-corrected chi connectivity index (χ1v) is 8.77. The van der Waals surface area contributed by atoms with Crippen LogP contribution in [0, 0.1) is 5.41 Å². The van der Waals surface area contributed by atoms with Gasteiger partial charge in [0.2, 0.25) is 0 Å². The SMILES string of the molecule is N=C(N)SCc1cc(Cl)ccc1Oc1ccccc1CNC(N)=S. The maximum absolute atomic E-state index is 7.35. The Hall–Kier alpha value is -1.96. The molecule has 0 fully saturated rings. The quantitative estimate of drug-likeness (QED) is 0.347. The number of nitrogens with two attached hydrogens (primary N) is 2. The number of halogens is 1. The van der Waals surface area contributed by atoms with Crippen LogP contribution in [0.1, 0.15) is 11.1 Å². The smallest absolute Gasteiger partial charge is 0.163 e. The highest BCUT2D eigenvalue weighted by molar-refractivity contribution is 8.13. The average Bonchev–Trinajstić information content (AvgIpc) is 2.54. The lowest BCUT2D eigenvalue weighted by atomic mass is 10.2. The first-order valence-electron chi connectivity index (χ1n) is 7.00. The van der Waals surface area contributed by atoms with Crippen molar-refractivity contribution >= 4 is 45.9 Å². The summed E-state index contributed by atoms with van der Waals surface area (Å²) in [5, 5.41) is 11.1. The summed E-state index contributed by atoms with van der Waals surface area (Å²) in [6, 6.07) is 13.0. The van der Waals surface area contributed by atoms with Gasteiger partial charge >= 0.3 is 0 Å². The van der Waals surface area contributed by atoms with E-state index in [2.05, 4.69) is 5.32 Å². The van der Waals surface area contributed by atoms with Gasteiger partial charge in [-0.25, -0.2) is 0 Å². The van der Waals surface area contributed by atoms with Gasteiger partial charge < -0.3 is 21.5 Å². The van der Waals surface area contributed by atoms with E-state index < -0.39 is 0 Å². The van der Waals surface area contributed by atoms with Crippen molar-refractivity contribution in [1.82, 2.24) is 5.32 Å². The lowest BCUT2D eigenvalue weighted by molar-refractivity contribution is 0.471. The predicted octanol–water partition coefficient (Wildman–Crippen LogP) is 3.59. The molecule has 126 valence electrons. The third-order valence-electron chi connectivity index (χ3n) is 3.05. The molecule has 0 bridgehead atoms. The van der Waals surface area contributed by atoms with Crippen molar-refractivity contribution in [2.24, 2.45) is 11.5 Å². The lowest BCUT2D eigenvalue weighted by Crippen LogP contribution is -2.28. The molecule has 6 N–H and O–H groups in total. The molecule has 0 aliphatic rings. The van der Waals surface area contributed by atoms with E-state index in [1.54, 1.807) is 12.1 Å². The van der Waals surface area contributed by atoms with Crippen molar-refractivity contribution in [3.8, 4) is 11.5 Å². The van der Waals surface area contributed by atoms with E-state index in [9.17, 15) is 0 Å². The Kier molecular flexibility index (Phi) is 6.72. The molecule has 0 saturated heterocycles. The summed E-state index contributed by atoms with van der Waals surface area (Å²) < 4.78 is 6.05. The van der Waals surface area contributed by atoms with Gasteiger partial charge in [-0.15, -0.1) is 0 Å². The second-order valence-electron chi connectivity index (χ2n) is 4.83. The van der Waals surface area contributed by atoms with Gasteiger partial charge in [-0.2, -0.15) is 0 Å². The Balaban J connectivity index is 2.24. The molecule has 8 heteroatoms. The monoisotopic (exact) mass is 380 g/mol. The van der Waals surface area contributed by atoms with Crippen LogP contribution in [0.15, 0.2) is 42.5 Å². The standard InChI is InChI=1S/C16H17ClN4OS2/c17-12-5-6-14(11(7-12)9-24-15(18)19)22-13-4-2-1-3-10(13)8-21-16(20)23/h1-7H,8-9H2,(H3,18,19)(H3,20,21,23). The zero-order valence-electron chi connectivity index (χ0n) is 12.7. The Bertz CT molecular complexity index is 755. The highest BCUT2D eigenvalue weighted by Gasteiger charge is 2.10. The number of nitrogens with one attached hydrogen (secondary N) is 2. The maximum atomic E-state index is 7.35. The fraction of sp³-hybridized carbons (Fsp3) is 0.125. The van der Waals surface area contributed by atoms with E-state index in [1.165, 1.54) is 11.8 Å². The minimum Gasteiger partial charge on any atom is -0.457 e. The van der Waals surface area contributed by atoms with Crippen LogP contribution in [0.2, 0.25) is 5.02 Å². The van der Waals surface area contributed by atoms with Crippen LogP contribution >= 0.6 is 35.6 Å². The average molecular weight is 381 g/mol. The summed E-state index contributed by atoms with van der Waals surface area (Å²) in [7, 11) is 0. The number of hydrogen-bond donors (Lipinski definition) is 4. The fourth-order valence-electron chi connectivity index (χ4n) is 1.97. The van der Waals surface area contributed by atoms with Crippen molar-refractivity contribution in [1.29, 1.82) is 5.41 Å². The molecule has 0 saturated carbocycles. The van der Waals surface area contributed by atoms with Gasteiger partial charge in [0, 0.05) is 28.4 Å². The summed E-state index contributed by atoms with van der Waals surface area (Å²) in [6.07, 6.45) is 0. The molecule has 0 aliphatic heterocycles. The van der Waals surface area contributed by atoms with Crippen LogP contribution in [0.25, 0.3) is 0 Å². The Morgan fingerprint density at radius 3 is 2.58 bits per heavy atom. The molecule has 0 spiro atoms. The summed E-state index contributed by atoms with van der Waals surface area (Å²) in [4.78, 5) is 0. The van der Waals surface area contributed by atoms with Crippen LogP contribution < -0.4 is 21.5 Å². The van der Waals surface area contributed by atoms with Gasteiger partial charge in [0.15, 0.2) is 10.3 Å². The van der Waals surface area contributed by atoms with Crippen molar-refractivity contribution in [3.63, 3.8) is 0 Å². The Labute approximate surface area is 155 Å². The molecular weight excluding hydrogens is 364 g/mol. The van der Waals surface area contributed by atoms with Crippen molar-refractivity contribution < 1.29 is 4.74 Å². The number of benzene rings is 2. The highest BCUT2D eigenvalue weighted by atomic mass is 35.5. The van der Waals surface area contributed by atoms with Gasteiger partial charge in [-0.1, -0.05) is 41.6 Å². The third kappa shape index (κ3) is 5.59. The number of hydrogen-bond acceptors (Lipinski definition) is 4. The molecule has 0 radical (unpaired) electrons. The molecule has 0 aliphatic carbocycles. The molecule has 0 atom stereocenters. The van der Waals surface area contributed by atoms with Crippen molar-refractivity contribution in [2.75, 3.05) is 0 Å². The first-order chi connectivity index (χ1) is 11.5. The van der Waals surface area contributed by atoms with Crippen molar-refractivity contribution in [2.45, 2.75) is 12.3 Å². The first kappa shape index (κ1) is 18.4. The molecule has 0 amide bonds. The summed E-state index contributed by atoms with van der Waals surface area (Å²) >= 11 is 12.1. The van der Waals surface area contributed by atoms with Gasteiger partial charge in [0.05, 0.1) is 0 Å². The van der Waals surface area contributed by atoms with Gasteiger partial charge in [-0.3, -0.25) is 5.41 Å². The number of rotatable bonds is 6. The van der Waals surface area contributed by atoms with Gasteiger partial charge in [0.1, 0.15) is 11.5 Å². The topological polar surface area (TPSA) is 97.2 Å². The van der Waals surface area contributed by atoms with Gasteiger partial charge in [0.25, 0.3) is 0 Å². The van der Waals surface area contributed by atoms with Crippen LogP contribution in [-0.4, -0.2) is 10.3 Å². The Morgan fingerprint density at radius 1 is 1.17 bits per heavy atom. The van der Waals surface area contributed by atoms with E-state index in [0.717, 1.165) is 11.1 Å². The summed E-state index contributed by atoms with van der Waals surface area (Å²) in [5.74, 6) is 1.85. The number of para-hydroxylation sites is 1. The molecule has 24 heavy (non-hydrogen) atoms. The molecule has 0 unspecified atom stereocenters. The Morgan fingerprint density at radius 2 is 1.88 bits per heavy atom. The molecule has 0 heterocycles. The zero-order chi connectivity index (χ0) is 17.5. The molecule has 0 aromatic heterocycles. The largest absolute Gasteiger partial charge is 0.457 e. The molecule has 2 rings (SSSR count). The van der Waals surface area contributed by atoms with Crippen molar-refractivity contribution in [3.05, 3.63) is 58.6 Å². The molecule has 2 aromatic rings. The van der Waals surface area contributed by atoms with E-state index >= 15 is 0 Å². The number of thiocarbonyl (C=S) groups is 1. The van der Waals surface area contributed by atoms with E-state index in [0.29, 0.717) is 28.8 Å². The van der Waals surface area contributed by atoms with E-state index in [-0.39, 0.29) is 10.3 Å². The minimum atomic E-state index is 0.0435. The predicted molar refractivity (Wildman–Crippen MR) is 105 cm³/mol. The van der Waals surface area contributed by atoms with Crippen LogP contribution in [0.4, 0.5) is 0 Å². The summed E-state index contributed by atoms with van der Waals surface area (Å²) in [5.41, 5.74) is 12.7. The normalized spacial score (nSPS) is 10.2. The van der Waals surface area contributed by atoms with Crippen LogP contribution in [-0.2, 0) is 12.3 Å². The summed E-state index contributed by atoms with van der Waals surface area (Å²) in [6.45, 7) is 0.469. The molecular formula is C16H17ClN4OS2. The zero-order valence-corrected chi connectivity index (χ0v) is 15.1. The van der Waals surface area contributed by atoms with E-state index in [1.807, 2.05) is 30.3 Å². The lowest BCUT2D eigenvalue weighted by Gasteiger charge is -2.15. The number of amidine groups is 1. The van der Waals surface area contributed by atoms with Crippen LogP contribution in [0.3, 0.4) is 0 Å². The third-order valence-corrected chi connectivity index (χ3v) is 4.20. The second kappa shape index (κ2) is 8.77. The highest BCUT2D eigenvalue weighted by Crippen LogP contribution is 2.32. The fourth-order valence-corrected chi connectivity index (χ4v) is 2.77. The second-order valence-corrected chi connectivity index (χ2v) is 6.73.